The third-order valence-corrected chi connectivity index (χ3v) is 3.60. The second kappa shape index (κ2) is 7.40. The number of anilines is 3. The molecule has 2 N–H and O–H groups in total. The number of carbonyl (C=O) groups is 1. The van der Waals surface area contributed by atoms with Crippen molar-refractivity contribution >= 4 is 34.8 Å². The average molecular weight is 379 g/mol. The molecule has 0 saturated heterocycles. The van der Waals surface area contributed by atoms with E-state index >= 15 is 0 Å². The Hall–Kier alpha value is -3.13. The van der Waals surface area contributed by atoms with Crippen molar-refractivity contribution < 1.29 is 18.0 Å². The zero-order valence-corrected chi connectivity index (χ0v) is 13.7. The minimum Gasteiger partial charge on any atom is -0.339 e. The van der Waals surface area contributed by atoms with Crippen LogP contribution in [0.15, 0.2) is 48.5 Å². The van der Waals surface area contributed by atoms with Crippen molar-refractivity contribution in [2.45, 2.75) is 0 Å². The van der Waals surface area contributed by atoms with Crippen LogP contribution in [0.25, 0.3) is 0 Å². The van der Waals surface area contributed by atoms with Crippen molar-refractivity contribution in [1.82, 2.24) is 10.2 Å². The fraction of sp³-hybridized carbons (Fsp3) is 0. The molecule has 132 valence electrons. The lowest BCUT2D eigenvalue weighted by molar-refractivity contribution is 0.102. The minimum absolute atomic E-state index is 0.0351. The summed E-state index contributed by atoms with van der Waals surface area (Å²) in [5, 5.41) is 12.6. The molecular weight excluding hydrogens is 369 g/mol. The molecule has 1 heterocycles. The lowest BCUT2D eigenvalue weighted by Crippen LogP contribution is -2.15. The Morgan fingerprint density at radius 2 is 1.62 bits per heavy atom. The lowest BCUT2D eigenvalue weighted by atomic mass is 10.2. The quantitative estimate of drug-likeness (QED) is 0.699. The maximum absolute atomic E-state index is 13.7. The van der Waals surface area contributed by atoms with Gasteiger partial charge in [-0.15, -0.1) is 10.2 Å². The monoisotopic (exact) mass is 378 g/mol. The Bertz CT molecular complexity index is 946. The van der Waals surface area contributed by atoms with Crippen LogP contribution >= 0.6 is 11.6 Å². The number of carbonyl (C=O) groups excluding carboxylic acids is 1. The standard InChI is InChI=1S/C17H10ClF3N4O/c18-10-2-1-3-12(20)16(10)17(26)23-15-7-6-14(24-25-15)22-9-4-5-11(19)13(21)8-9/h1-8H,(H,22,24)(H,23,25,26). The summed E-state index contributed by atoms with van der Waals surface area (Å²) in [5.41, 5.74) is -0.0342. The number of rotatable bonds is 4. The van der Waals surface area contributed by atoms with Gasteiger partial charge in [0.1, 0.15) is 5.82 Å². The second-order valence-corrected chi connectivity index (χ2v) is 5.52. The molecular formula is C17H10ClF3N4O. The lowest BCUT2D eigenvalue weighted by Gasteiger charge is -2.08. The van der Waals surface area contributed by atoms with Gasteiger partial charge in [-0.05, 0) is 36.4 Å². The van der Waals surface area contributed by atoms with Gasteiger partial charge >= 0.3 is 0 Å². The summed E-state index contributed by atoms with van der Waals surface area (Å²) < 4.78 is 39.8. The van der Waals surface area contributed by atoms with Gasteiger partial charge in [-0.2, -0.15) is 0 Å². The summed E-state index contributed by atoms with van der Waals surface area (Å²) in [6.45, 7) is 0. The molecule has 9 heteroatoms. The molecule has 0 aliphatic heterocycles. The fourth-order valence-electron chi connectivity index (χ4n) is 2.08. The fourth-order valence-corrected chi connectivity index (χ4v) is 2.33. The molecule has 0 atom stereocenters. The molecule has 26 heavy (non-hydrogen) atoms. The number of nitrogens with zero attached hydrogens (tertiary/aromatic N) is 2. The van der Waals surface area contributed by atoms with Crippen LogP contribution in [-0.4, -0.2) is 16.1 Å². The topological polar surface area (TPSA) is 66.9 Å². The van der Waals surface area contributed by atoms with E-state index in [1.807, 2.05) is 0 Å². The number of benzene rings is 2. The zero-order chi connectivity index (χ0) is 18.7. The van der Waals surface area contributed by atoms with Gasteiger partial charge in [0.15, 0.2) is 23.3 Å². The smallest absolute Gasteiger partial charge is 0.261 e. The van der Waals surface area contributed by atoms with Crippen LogP contribution in [0.5, 0.6) is 0 Å². The first-order valence-corrected chi connectivity index (χ1v) is 7.63. The van der Waals surface area contributed by atoms with Gasteiger partial charge in [-0.1, -0.05) is 17.7 Å². The highest BCUT2D eigenvalue weighted by molar-refractivity contribution is 6.34. The molecule has 1 aromatic heterocycles. The van der Waals surface area contributed by atoms with Crippen LogP contribution < -0.4 is 10.6 Å². The van der Waals surface area contributed by atoms with Gasteiger partial charge in [0.25, 0.3) is 5.91 Å². The maximum atomic E-state index is 13.7. The van der Waals surface area contributed by atoms with Crippen LogP contribution in [0.4, 0.5) is 30.5 Å². The maximum Gasteiger partial charge on any atom is 0.261 e. The number of amides is 1. The number of hydrogen-bond donors (Lipinski definition) is 2. The Balaban J connectivity index is 1.71. The van der Waals surface area contributed by atoms with Gasteiger partial charge in [0.2, 0.25) is 0 Å². The van der Waals surface area contributed by atoms with E-state index in [0.29, 0.717) is 0 Å². The number of halogens is 4. The summed E-state index contributed by atoms with van der Waals surface area (Å²) in [7, 11) is 0. The number of hydrogen-bond acceptors (Lipinski definition) is 4. The molecule has 1 amide bonds. The molecule has 3 rings (SSSR count). The average Bonchev–Trinajstić information content (AvgIpc) is 2.60. The SMILES string of the molecule is O=C(Nc1ccc(Nc2ccc(F)c(F)c2)nn1)c1c(F)cccc1Cl. The van der Waals surface area contributed by atoms with Gasteiger partial charge in [0.05, 0.1) is 10.6 Å². The zero-order valence-electron chi connectivity index (χ0n) is 12.9. The normalized spacial score (nSPS) is 10.5. The minimum atomic E-state index is -1.01. The van der Waals surface area contributed by atoms with Gasteiger partial charge in [0, 0.05) is 11.8 Å². The van der Waals surface area contributed by atoms with E-state index in [4.69, 9.17) is 11.6 Å². The van der Waals surface area contributed by atoms with Crippen molar-refractivity contribution in [3.8, 4) is 0 Å². The Labute approximate surface area is 150 Å². The molecule has 0 unspecified atom stereocenters. The molecule has 0 bridgehead atoms. The molecule has 0 saturated carbocycles. The highest BCUT2D eigenvalue weighted by Gasteiger charge is 2.16. The first kappa shape index (κ1) is 17.7. The molecule has 2 aromatic carbocycles. The first-order chi connectivity index (χ1) is 12.4. The summed E-state index contributed by atoms with van der Waals surface area (Å²) in [6, 6.07) is 10.0. The molecule has 0 aliphatic rings. The summed E-state index contributed by atoms with van der Waals surface area (Å²) in [6.07, 6.45) is 0. The van der Waals surface area contributed by atoms with Gasteiger partial charge in [-0.3, -0.25) is 4.79 Å². The third-order valence-electron chi connectivity index (χ3n) is 3.29. The van der Waals surface area contributed by atoms with E-state index in [1.165, 1.54) is 30.3 Å². The van der Waals surface area contributed by atoms with E-state index in [9.17, 15) is 18.0 Å². The number of aromatic nitrogens is 2. The molecule has 0 spiro atoms. The van der Waals surface area contributed by atoms with Gasteiger partial charge in [-0.25, -0.2) is 13.2 Å². The largest absolute Gasteiger partial charge is 0.339 e. The van der Waals surface area contributed by atoms with Crippen molar-refractivity contribution in [3.63, 3.8) is 0 Å². The predicted molar refractivity (Wildman–Crippen MR) is 91.0 cm³/mol. The van der Waals surface area contributed by atoms with Crippen molar-refractivity contribution in [1.29, 1.82) is 0 Å². The highest BCUT2D eigenvalue weighted by atomic mass is 35.5. The summed E-state index contributed by atoms with van der Waals surface area (Å²) >= 11 is 5.83. The third kappa shape index (κ3) is 3.92. The van der Waals surface area contributed by atoms with Crippen molar-refractivity contribution in [2.75, 3.05) is 10.6 Å². The van der Waals surface area contributed by atoms with Crippen LogP contribution in [-0.2, 0) is 0 Å². The molecule has 0 radical (unpaired) electrons. The van der Waals surface area contributed by atoms with Crippen molar-refractivity contribution in [3.05, 3.63) is 76.6 Å². The van der Waals surface area contributed by atoms with Crippen LogP contribution in [0.3, 0.4) is 0 Å². The molecule has 3 aromatic rings. The Kier molecular flexibility index (Phi) is 5.04. The highest BCUT2D eigenvalue weighted by Crippen LogP contribution is 2.21. The van der Waals surface area contributed by atoms with E-state index in [2.05, 4.69) is 20.8 Å². The first-order valence-electron chi connectivity index (χ1n) is 7.25. The van der Waals surface area contributed by atoms with E-state index < -0.39 is 23.4 Å². The summed E-state index contributed by atoms with van der Waals surface area (Å²) in [4.78, 5) is 12.1. The molecule has 0 fully saturated rings. The van der Waals surface area contributed by atoms with E-state index in [-0.39, 0.29) is 27.9 Å². The molecule has 0 aliphatic carbocycles. The second-order valence-electron chi connectivity index (χ2n) is 5.11. The van der Waals surface area contributed by atoms with Crippen LogP contribution in [0.2, 0.25) is 5.02 Å². The van der Waals surface area contributed by atoms with Crippen LogP contribution in [0.1, 0.15) is 10.4 Å². The van der Waals surface area contributed by atoms with Gasteiger partial charge < -0.3 is 10.6 Å². The van der Waals surface area contributed by atoms with E-state index in [0.717, 1.165) is 18.2 Å². The summed E-state index contributed by atoms with van der Waals surface area (Å²) in [5.74, 6) is -3.22. The Morgan fingerprint density at radius 1 is 0.885 bits per heavy atom. The van der Waals surface area contributed by atoms with Crippen LogP contribution in [0, 0.1) is 17.5 Å². The number of nitrogens with one attached hydrogen (secondary N) is 2. The Morgan fingerprint density at radius 3 is 2.27 bits per heavy atom. The molecule has 5 nitrogen and oxygen atoms in total. The predicted octanol–water partition coefficient (Wildman–Crippen LogP) is 4.54. The van der Waals surface area contributed by atoms with E-state index in [1.54, 1.807) is 0 Å². The van der Waals surface area contributed by atoms with Crippen molar-refractivity contribution in [2.24, 2.45) is 0 Å².